The van der Waals surface area contributed by atoms with Gasteiger partial charge in [0.1, 0.15) is 17.2 Å². The van der Waals surface area contributed by atoms with Crippen LogP contribution in [0.5, 0.6) is 17.2 Å². The van der Waals surface area contributed by atoms with Crippen LogP contribution < -0.4 is 30.2 Å². The molecule has 1 aliphatic rings. The minimum absolute atomic E-state index is 0.229. The molecule has 0 spiro atoms. The van der Waals surface area contributed by atoms with Crippen LogP contribution in [0.1, 0.15) is 65.3 Å². The summed E-state index contributed by atoms with van der Waals surface area (Å²) in [6.45, 7) is 8.99. The fourth-order valence-electron chi connectivity index (χ4n) is 5.54. The topological polar surface area (TPSA) is 127 Å². The number of nitrogens with one attached hydrogen (secondary N) is 1. The fraction of sp³-hybridized carbons (Fsp3) is 0.447. The predicted octanol–water partition coefficient (Wildman–Crippen LogP) is 5.36. The van der Waals surface area contributed by atoms with Gasteiger partial charge in [-0.1, -0.05) is 18.2 Å². The summed E-state index contributed by atoms with van der Waals surface area (Å²) >= 11 is 0. The predicted molar refractivity (Wildman–Crippen MR) is 193 cm³/mol. The fourth-order valence-corrected chi connectivity index (χ4v) is 5.54. The summed E-state index contributed by atoms with van der Waals surface area (Å²) in [6, 6.07) is 17.7. The molecule has 0 bridgehead atoms. The van der Waals surface area contributed by atoms with Crippen molar-refractivity contribution in [1.29, 1.82) is 0 Å². The molecule has 3 aromatic carbocycles. The number of ether oxygens (including phenoxy) is 3. The molecular formula is C38H51N5O6. The number of likely N-dealkylation sites (N-methyl/N-ethyl adjacent to an activating group) is 1. The molecule has 4 rings (SSSR count). The molecular weight excluding hydrogens is 622 g/mol. The van der Waals surface area contributed by atoms with E-state index in [4.69, 9.17) is 19.9 Å². The van der Waals surface area contributed by atoms with Gasteiger partial charge in [0, 0.05) is 45.2 Å². The first-order valence-corrected chi connectivity index (χ1v) is 17.2. The highest BCUT2D eigenvalue weighted by molar-refractivity contribution is 6.09. The van der Waals surface area contributed by atoms with Crippen molar-refractivity contribution in [2.75, 3.05) is 76.9 Å². The summed E-state index contributed by atoms with van der Waals surface area (Å²) < 4.78 is 17.8. The Balaban J connectivity index is 1.37. The zero-order chi connectivity index (χ0) is 35.2. The van der Waals surface area contributed by atoms with E-state index < -0.39 is 0 Å². The molecule has 49 heavy (non-hydrogen) atoms. The number of carbonyl (C=O) groups excluding carboxylic acids is 3. The molecule has 264 valence electrons. The first-order chi connectivity index (χ1) is 23.7. The number of unbranched alkanes of at least 4 members (excludes halogenated alkanes) is 2. The first kappa shape index (κ1) is 37.2. The summed E-state index contributed by atoms with van der Waals surface area (Å²) in [7, 11) is 3.79. The highest BCUT2D eigenvalue weighted by atomic mass is 16.5. The van der Waals surface area contributed by atoms with E-state index in [1.807, 2.05) is 43.0 Å². The molecule has 0 unspecified atom stereocenters. The molecule has 3 aromatic rings. The van der Waals surface area contributed by atoms with E-state index in [0.29, 0.717) is 79.0 Å². The van der Waals surface area contributed by atoms with E-state index in [9.17, 15) is 14.4 Å². The summed E-state index contributed by atoms with van der Waals surface area (Å²) in [5.41, 5.74) is 8.45. The van der Waals surface area contributed by atoms with Gasteiger partial charge in [-0.25, -0.2) is 0 Å². The Morgan fingerprint density at radius 1 is 0.837 bits per heavy atom. The highest BCUT2D eigenvalue weighted by Gasteiger charge is 2.22. The normalized spacial score (nSPS) is 13.1. The SMILES string of the molecule is CCOc1cc(C(=O)N(C)c2ccc(C)cc2OCCCCCC(=O)N2CCN(C)CC2)ccc1NC(=O)c1ccccc1OCCCN. The lowest BCUT2D eigenvalue weighted by molar-refractivity contribution is -0.132. The average molecular weight is 674 g/mol. The van der Waals surface area contributed by atoms with Crippen molar-refractivity contribution in [3.63, 3.8) is 0 Å². The van der Waals surface area contributed by atoms with Crippen LogP contribution >= 0.6 is 0 Å². The second-order valence-corrected chi connectivity index (χ2v) is 12.3. The van der Waals surface area contributed by atoms with E-state index in [1.54, 1.807) is 48.3 Å². The molecule has 0 saturated carbocycles. The van der Waals surface area contributed by atoms with Gasteiger partial charge in [0.2, 0.25) is 5.91 Å². The lowest BCUT2D eigenvalue weighted by atomic mass is 10.1. The number of nitrogens with two attached hydrogens (primary N) is 1. The molecule has 0 aliphatic carbocycles. The lowest BCUT2D eigenvalue weighted by Gasteiger charge is -2.32. The minimum Gasteiger partial charge on any atom is -0.493 e. The molecule has 11 heteroatoms. The number of aryl methyl sites for hydroxylation is 1. The summed E-state index contributed by atoms with van der Waals surface area (Å²) in [5, 5.41) is 2.91. The minimum atomic E-state index is -0.358. The number of hydrogen-bond acceptors (Lipinski definition) is 8. The smallest absolute Gasteiger partial charge is 0.259 e. The molecule has 3 N–H and O–H groups in total. The number of anilines is 2. The van der Waals surface area contributed by atoms with Gasteiger partial charge < -0.3 is 40.0 Å². The number of carbonyl (C=O) groups is 3. The van der Waals surface area contributed by atoms with E-state index in [0.717, 1.165) is 51.0 Å². The van der Waals surface area contributed by atoms with Gasteiger partial charge in [-0.3, -0.25) is 14.4 Å². The van der Waals surface area contributed by atoms with Crippen molar-refractivity contribution in [3.05, 3.63) is 77.4 Å². The van der Waals surface area contributed by atoms with Gasteiger partial charge >= 0.3 is 0 Å². The number of nitrogens with zero attached hydrogens (tertiary/aromatic N) is 3. The lowest BCUT2D eigenvalue weighted by Crippen LogP contribution is -2.47. The third kappa shape index (κ3) is 10.7. The zero-order valence-electron chi connectivity index (χ0n) is 29.3. The number of para-hydroxylation sites is 1. The summed E-state index contributed by atoms with van der Waals surface area (Å²) in [5.74, 6) is 1.07. The van der Waals surface area contributed by atoms with Crippen LogP contribution in [-0.2, 0) is 4.79 Å². The molecule has 1 aliphatic heterocycles. The number of benzene rings is 3. The van der Waals surface area contributed by atoms with Gasteiger partial charge in [-0.15, -0.1) is 0 Å². The van der Waals surface area contributed by atoms with Crippen molar-refractivity contribution < 1.29 is 28.6 Å². The Morgan fingerprint density at radius 3 is 2.33 bits per heavy atom. The highest BCUT2D eigenvalue weighted by Crippen LogP contribution is 2.32. The number of piperazine rings is 1. The molecule has 1 saturated heterocycles. The largest absolute Gasteiger partial charge is 0.493 e. The third-order valence-corrected chi connectivity index (χ3v) is 8.44. The van der Waals surface area contributed by atoms with Crippen LogP contribution in [0.2, 0.25) is 0 Å². The van der Waals surface area contributed by atoms with Crippen LogP contribution in [-0.4, -0.2) is 94.2 Å². The number of rotatable bonds is 17. The Hall–Kier alpha value is -4.61. The van der Waals surface area contributed by atoms with E-state index in [-0.39, 0.29) is 17.7 Å². The number of hydrogen-bond donors (Lipinski definition) is 2. The number of amides is 3. The summed E-state index contributed by atoms with van der Waals surface area (Å²) in [4.78, 5) is 45.3. The molecule has 0 aromatic heterocycles. The van der Waals surface area contributed by atoms with Crippen LogP contribution in [0.25, 0.3) is 0 Å². The van der Waals surface area contributed by atoms with Crippen molar-refractivity contribution >= 4 is 29.1 Å². The van der Waals surface area contributed by atoms with E-state index in [1.165, 1.54) is 0 Å². The van der Waals surface area contributed by atoms with Gasteiger partial charge in [0.15, 0.2) is 0 Å². The van der Waals surface area contributed by atoms with Crippen molar-refractivity contribution in [3.8, 4) is 17.2 Å². The maximum absolute atomic E-state index is 13.8. The molecule has 11 nitrogen and oxygen atoms in total. The van der Waals surface area contributed by atoms with Gasteiger partial charge in [0.05, 0.1) is 36.8 Å². The molecule has 0 atom stereocenters. The molecule has 0 radical (unpaired) electrons. The van der Waals surface area contributed by atoms with Crippen molar-refractivity contribution in [1.82, 2.24) is 9.80 Å². The molecule has 1 heterocycles. The Morgan fingerprint density at radius 2 is 1.57 bits per heavy atom. The Kier molecular flexibility index (Phi) is 14.3. The third-order valence-electron chi connectivity index (χ3n) is 8.44. The quantitative estimate of drug-likeness (QED) is 0.184. The molecule has 3 amide bonds. The summed E-state index contributed by atoms with van der Waals surface area (Å²) in [6.07, 6.45) is 3.73. The average Bonchev–Trinajstić information content (AvgIpc) is 3.10. The second-order valence-electron chi connectivity index (χ2n) is 12.3. The molecule has 1 fully saturated rings. The van der Waals surface area contributed by atoms with Gasteiger partial charge in [0.25, 0.3) is 11.8 Å². The van der Waals surface area contributed by atoms with E-state index in [2.05, 4.69) is 17.3 Å². The van der Waals surface area contributed by atoms with Crippen LogP contribution in [0.15, 0.2) is 60.7 Å². The zero-order valence-corrected chi connectivity index (χ0v) is 29.3. The monoisotopic (exact) mass is 673 g/mol. The van der Waals surface area contributed by atoms with E-state index >= 15 is 0 Å². The first-order valence-electron chi connectivity index (χ1n) is 17.2. The standard InChI is InChI=1S/C38H51N5O6/c1-5-47-34-27-29(16-17-31(34)40-37(45)30-12-8-9-13-33(30)48-25-11-19-39)38(46)42(4)32-18-15-28(2)26-35(32)49-24-10-6-7-14-36(44)43-22-20-41(3)21-23-43/h8-9,12-13,15-18,26-27H,5-7,10-11,14,19-25,39H2,1-4H3,(H,40,45). The Bertz CT molecular complexity index is 1560. The van der Waals surface area contributed by atoms with Gasteiger partial charge in [-0.05, 0) is 101 Å². The maximum atomic E-state index is 13.8. The van der Waals surface area contributed by atoms with Crippen LogP contribution in [0.3, 0.4) is 0 Å². The van der Waals surface area contributed by atoms with Crippen LogP contribution in [0, 0.1) is 6.92 Å². The second kappa shape index (κ2) is 18.8. The maximum Gasteiger partial charge on any atom is 0.259 e. The van der Waals surface area contributed by atoms with Crippen LogP contribution in [0.4, 0.5) is 11.4 Å². The Labute approximate surface area is 290 Å². The van der Waals surface area contributed by atoms with Crippen molar-refractivity contribution in [2.45, 2.75) is 46.0 Å². The van der Waals surface area contributed by atoms with Gasteiger partial charge in [-0.2, -0.15) is 0 Å². The van der Waals surface area contributed by atoms with Crippen molar-refractivity contribution in [2.24, 2.45) is 5.73 Å².